The van der Waals surface area contributed by atoms with Crippen LogP contribution in [0.5, 0.6) is 0 Å². The van der Waals surface area contributed by atoms with E-state index < -0.39 is 0 Å². The zero-order chi connectivity index (χ0) is 17.1. The van der Waals surface area contributed by atoms with Crippen molar-refractivity contribution in [3.05, 3.63) is 65.0 Å². The van der Waals surface area contributed by atoms with E-state index >= 15 is 0 Å². The minimum atomic E-state index is -0.232. The Kier molecular flexibility index (Phi) is 4.95. The molecule has 1 saturated carbocycles. The average Bonchev–Trinajstić information content (AvgIpc) is 3.37. The number of aryl methyl sites for hydroxylation is 2. The Morgan fingerprint density at radius 2 is 1.83 bits per heavy atom. The van der Waals surface area contributed by atoms with E-state index in [9.17, 15) is 9.18 Å². The van der Waals surface area contributed by atoms with Gasteiger partial charge in [0.1, 0.15) is 5.82 Å². The molecule has 0 radical (unpaired) electrons. The van der Waals surface area contributed by atoms with Gasteiger partial charge in [-0.05, 0) is 67.6 Å². The molecule has 1 aliphatic carbocycles. The van der Waals surface area contributed by atoms with E-state index in [2.05, 4.69) is 17.1 Å². The van der Waals surface area contributed by atoms with Gasteiger partial charge >= 0.3 is 0 Å². The minimum absolute atomic E-state index is 0.00716. The van der Waals surface area contributed by atoms with Crippen LogP contribution in [0.25, 0.3) is 0 Å². The summed E-state index contributed by atoms with van der Waals surface area (Å²) in [4.78, 5) is 14.6. The van der Waals surface area contributed by atoms with Crippen LogP contribution >= 0.6 is 0 Å². The highest BCUT2D eigenvalue weighted by Gasteiger charge is 2.30. The number of hydrogen-bond donors (Lipinski definition) is 1. The average molecular weight is 326 g/mol. The molecule has 24 heavy (non-hydrogen) atoms. The molecular formula is C20H23FN2O. The van der Waals surface area contributed by atoms with Crippen LogP contribution in [0.1, 0.15) is 29.5 Å². The molecule has 0 saturated heterocycles. The summed E-state index contributed by atoms with van der Waals surface area (Å²) in [7, 11) is 0. The lowest BCUT2D eigenvalue weighted by atomic mass is 10.1. The van der Waals surface area contributed by atoms with Gasteiger partial charge in [-0.15, -0.1) is 0 Å². The van der Waals surface area contributed by atoms with Gasteiger partial charge in [0.05, 0.1) is 6.54 Å². The Bertz CT molecular complexity index is 723. The van der Waals surface area contributed by atoms with E-state index in [4.69, 9.17) is 0 Å². The van der Waals surface area contributed by atoms with E-state index in [-0.39, 0.29) is 11.7 Å². The van der Waals surface area contributed by atoms with E-state index in [0.717, 1.165) is 29.7 Å². The van der Waals surface area contributed by atoms with Gasteiger partial charge in [0.15, 0.2) is 0 Å². The molecule has 3 nitrogen and oxygen atoms in total. The van der Waals surface area contributed by atoms with Gasteiger partial charge in [-0.3, -0.25) is 9.69 Å². The first-order valence-electron chi connectivity index (χ1n) is 8.37. The van der Waals surface area contributed by atoms with Crippen molar-refractivity contribution in [3.63, 3.8) is 0 Å². The smallest absolute Gasteiger partial charge is 0.238 e. The maximum absolute atomic E-state index is 13.0. The van der Waals surface area contributed by atoms with Crippen molar-refractivity contribution < 1.29 is 9.18 Å². The van der Waals surface area contributed by atoms with Crippen molar-refractivity contribution in [2.24, 2.45) is 0 Å². The van der Waals surface area contributed by atoms with Gasteiger partial charge in [0.25, 0.3) is 0 Å². The number of rotatable bonds is 6. The monoisotopic (exact) mass is 326 g/mol. The SMILES string of the molecule is Cc1ccc(NC(=O)CN(Cc2ccc(F)cc2)C2CC2)cc1C. The quantitative estimate of drug-likeness (QED) is 0.869. The van der Waals surface area contributed by atoms with E-state index in [1.54, 1.807) is 12.1 Å². The van der Waals surface area contributed by atoms with Gasteiger partial charge in [-0.25, -0.2) is 4.39 Å². The summed E-state index contributed by atoms with van der Waals surface area (Å²) in [6, 6.07) is 12.9. The first kappa shape index (κ1) is 16.7. The van der Waals surface area contributed by atoms with Crippen LogP contribution in [-0.4, -0.2) is 23.4 Å². The fraction of sp³-hybridized carbons (Fsp3) is 0.350. The fourth-order valence-corrected chi connectivity index (χ4v) is 2.78. The number of benzene rings is 2. The van der Waals surface area contributed by atoms with Crippen molar-refractivity contribution in [2.45, 2.75) is 39.3 Å². The molecule has 0 atom stereocenters. The summed E-state index contributed by atoms with van der Waals surface area (Å²) in [5, 5.41) is 2.98. The molecule has 1 fully saturated rings. The predicted octanol–water partition coefficient (Wildman–Crippen LogP) is 4.05. The van der Waals surface area contributed by atoms with E-state index in [0.29, 0.717) is 19.1 Å². The Morgan fingerprint density at radius 3 is 2.46 bits per heavy atom. The molecule has 0 spiro atoms. The summed E-state index contributed by atoms with van der Waals surface area (Å²) in [5.41, 5.74) is 4.24. The standard InChI is InChI=1S/C20H23FN2O/c1-14-3-8-18(11-15(14)2)22-20(24)13-23(19-9-10-19)12-16-4-6-17(21)7-5-16/h3-8,11,19H,9-10,12-13H2,1-2H3,(H,22,24). The zero-order valence-corrected chi connectivity index (χ0v) is 14.2. The van der Waals surface area contributed by atoms with Crippen LogP contribution in [0.4, 0.5) is 10.1 Å². The molecule has 4 heteroatoms. The molecule has 1 aliphatic rings. The highest BCUT2D eigenvalue weighted by molar-refractivity contribution is 5.92. The molecule has 0 unspecified atom stereocenters. The lowest BCUT2D eigenvalue weighted by Crippen LogP contribution is -2.34. The van der Waals surface area contributed by atoms with Crippen LogP contribution < -0.4 is 5.32 Å². The van der Waals surface area contributed by atoms with Gasteiger partial charge < -0.3 is 5.32 Å². The number of hydrogen-bond acceptors (Lipinski definition) is 2. The van der Waals surface area contributed by atoms with Gasteiger partial charge in [0, 0.05) is 18.3 Å². The maximum Gasteiger partial charge on any atom is 0.238 e. The van der Waals surface area contributed by atoms with Gasteiger partial charge in [-0.2, -0.15) is 0 Å². The summed E-state index contributed by atoms with van der Waals surface area (Å²) in [6.45, 7) is 5.12. The van der Waals surface area contributed by atoms with Crippen LogP contribution in [-0.2, 0) is 11.3 Å². The molecule has 1 N–H and O–H groups in total. The lowest BCUT2D eigenvalue weighted by Gasteiger charge is -2.21. The molecule has 3 rings (SSSR count). The molecule has 0 aliphatic heterocycles. The maximum atomic E-state index is 13.0. The molecule has 2 aromatic carbocycles. The highest BCUT2D eigenvalue weighted by atomic mass is 19.1. The molecule has 0 heterocycles. The fourth-order valence-electron chi connectivity index (χ4n) is 2.78. The van der Waals surface area contributed by atoms with Crippen LogP contribution in [0, 0.1) is 19.7 Å². The Labute approximate surface area is 142 Å². The van der Waals surface area contributed by atoms with E-state index in [1.165, 1.54) is 17.7 Å². The van der Waals surface area contributed by atoms with Crippen LogP contribution in [0.15, 0.2) is 42.5 Å². The topological polar surface area (TPSA) is 32.3 Å². The minimum Gasteiger partial charge on any atom is -0.325 e. The Balaban J connectivity index is 1.61. The molecule has 1 amide bonds. The summed E-state index contributed by atoms with van der Waals surface area (Å²) in [5.74, 6) is -0.239. The predicted molar refractivity (Wildman–Crippen MR) is 94.4 cm³/mol. The third-order valence-corrected chi connectivity index (χ3v) is 4.50. The third kappa shape index (κ3) is 4.42. The molecule has 0 bridgehead atoms. The first-order valence-corrected chi connectivity index (χ1v) is 8.37. The van der Waals surface area contributed by atoms with Crippen LogP contribution in [0.3, 0.4) is 0 Å². The third-order valence-electron chi connectivity index (χ3n) is 4.50. The van der Waals surface area contributed by atoms with Crippen molar-refractivity contribution in [3.8, 4) is 0 Å². The number of carbonyl (C=O) groups excluding carboxylic acids is 1. The van der Waals surface area contributed by atoms with Gasteiger partial charge in [0.2, 0.25) is 5.91 Å². The summed E-state index contributed by atoms with van der Waals surface area (Å²) < 4.78 is 13.0. The molecule has 2 aromatic rings. The van der Waals surface area contributed by atoms with Gasteiger partial charge in [-0.1, -0.05) is 18.2 Å². The number of nitrogens with one attached hydrogen (secondary N) is 1. The normalized spacial score (nSPS) is 14.0. The Hall–Kier alpha value is -2.20. The second-order valence-electron chi connectivity index (χ2n) is 6.61. The molecule has 126 valence electrons. The van der Waals surface area contributed by atoms with Crippen LogP contribution in [0.2, 0.25) is 0 Å². The lowest BCUT2D eigenvalue weighted by molar-refractivity contribution is -0.117. The summed E-state index contributed by atoms with van der Waals surface area (Å²) in [6.07, 6.45) is 2.25. The van der Waals surface area contributed by atoms with Crippen molar-refractivity contribution in [1.82, 2.24) is 4.90 Å². The summed E-state index contributed by atoms with van der Waals surface area (Å²) >= 11 is 0. The molecule has 0 aromatic heterocycles. The number of anilines is 1. The van der Waals surface area contributed by atoms with E-state index in [1.807, 2.05) is 25.1 Å². The zero-order valence-electron chi connectivity index (χ0n) is 14.2. The second kappa shape index (κ2) is 7.14. The number of nitrogens with zero attached hydrogens (tertiary/aromatic N) is 1. The van der Waals surface area contributed by atoms with Crippen molar-refractivity contribution in [2.75, 3.05) is 11.9 Å². The highest BCUT2D eigenvalue weighted by Crippen LogP contribution is 2.28. The Morgan fingerprint density at radius 1 is 1.12 bits per heavy atom. The van der Waals surface area contributed by atoms with Crippen molar-refractivity contribution >= 4 is 11.6 Å². The largest absolute Gasteiger partial charge is 0.325 e. The number of carbonyl (C=O) groups is 1. The van der Waals surface area contributed by atoms with Crippen molar-refractivity contribution in [1.29, 1.82) is 0 Å². The number of amides is 1. The second-order valence-corrected chi connectivity index (χ2v) is 6.61. The number of halogens is 1. The molecular weight excluding hydrogens is 303 g/mol. The first-order chi connectivity index (χ1) is 11.5.